The topological polar surface area (TPSA) is 58.4 Å². The maximum Gasteiger partial charge on any atom is 0.238 e. The van der Waals surface area contributed by atoms with E-state index < -0.39 is 0 Å². The fraction of sp³-hybridized carbons (Fsp3) is 0.588. The lowest BCUT2D eigenvalue weighted by Crippen LogP contribution is -2.53. The fourth-order valence-electron chi connectivity index (χ4n) is 2.97. The number of hydrogen-bond acceptors (Lipinski definition) is 3. The Morgan fingerprint density at radius 3 is 2.76 bits per heavy atom. The number of nitrogens with two attached hydrogens (primary N) is 1. The second-order valence-electron chi connectivity index (χ2n) is 6.96. The average Bonchev–Trinajstić information content (AvgIpc) is 2.37. The summed E-state index contributed by atoms with van der Waals surface area (Å²) in [5.74, 6) is 0.0493. The second kappa shape index (κ2) is 6.16. The second-order valence-corrected chi connectivity index (χ2v) is 6.96. The molecule has 4 heteroatoms. The highest BCUT2D eigenvalue weighted by Gasteiger charge is 2.33. The summed E-state index contributed by atoms with van der Waals surface area (Å²) < 4.78 is 0. The van der Waals surface area contributed by atoms with Crippen LogP contribution in [0.5, 0.6) is 0 Å². The highest BCUT2D eigenvalue weighted by molar-refractivity contribution is 5.93. The maximum atomic E-state index is 12.2. The van der Waals surface area contributed by atoms with Gasteiger partial charge in [0, 0.05) is 24.8 Å². The molecule has 21 heavy (non-hydrogen) atoms. The third-order valence-corrected chi connectivity index (χ3v) is 4.41. The summed E-state index contributed by atoms with van der Waals surface area (Å²) in [6.45, 7) is 10.6. The average molecular weight is 289 g/mol. The zero-order chi connectivity index (χ0) is 15.6. The number of carbonyl (C=O) groups is 1. The first-order valence-corrected chi connectivity index (χ1v) is 7.63. The van der Waals surface area contributed by atoms with Crippen LogP contribution >= 0.6 is 0 Å². The molecule has 0 spiro atoms. The minimum atomic E-state index is 0.0493. The molecule has 0 radical (unpaired) electrons. The first-order valence-electron chi connectivity index (χ1n) is 7.63. The molecule has 3 N–H and O–H groups in total. The van der Waals surface area contributed by atoms with Crippen LogP contribution in [0.25, 0.3) is 0 Å². The van der Waals surface area contributed by atoms with Crippen LogP contribution in [0.2, 0.25) is 0 Å². The summed E-state index contributed by atoms with van der Waals surface area (Å²) in [4.78, 5) is 14.4. The SMILES string of the molecule is Cc1ccc(NC(=O)CN2CCC(N)C(C)(C)C2)c(C)c1. The Balaban J connectivity index is 1.93. The molecule has 1 heterocycles. The van der Waals surface area contributed by atoms with Gasteiger partial charge in [-0.3, -0.25) is 9.69 Å². The predicted molar refractivity (Wildman–Crippen MR) is 87.4 cm³/mol. The number of anilines is 1. The summed E-state index contributed by atoms with van der Waals surface area (Å²) in [6, 6.07) is 6.29. The normalized spacial score (nSPS) is 22.0. The summed E-state index contributed by atoms with van der Waals surface area (Å²) in [5.41, 5.74) is 9.41. The van der Waals surface area contributed by atoms with Crippen molar-refractivity contribution in [3.8, 4) is 0 Å². The first-order chi connectivity index (χ1) is 9.78. The first kappa shape index (κ1) is 16.0. The van der Waals surface area contributed by atoms with Gasteiger partial charge in [-0.15, -0.1) is 0 Å². The van der Waals surface area contributed by atoms with Crippen molar-refractivity contribution in [2.45, 2.75) is 40.2 Å². The number of amides is 1. The summed E-state index contributed by atoms with van der Waals surface area (Å²) >= 11 is 0. The molecule has 1 aromatic carbocycles. The van der Waals surface area contributed by atoms with Crippen LogP contribution in [0.1, 0.15) is 31.4 Å². The summed E-state index contributed by atoms with van der Waals surface area (Å²) in [6.07, 6.45) is 0.948. The van der Waals surface area contributed by atoms with Gasteiger partial charge < -0.3 is 11.1 Å². The Kier molecular flexibility index (Phi) is 4.69. The van der Waals surface area contributed by atoms with Crippen LogP contribution in [-0.2, 0) is 4.79 Å². The third-order valence-electron chi connectivity index (χ3n) is 4.41. The Bertz CT molecular complexity index is 525. The van der Waals surface area contributed by atoms with Crippen LogP contribution in [0, 0.1) is 19.3 Å². The lowest BCUT2D eigenvalue weighted by Gasteiger charge is -2.42. The molecule has 1 unspecified atom stereocenters. The van der Waals surface area contributed by atoms with Gasteiger partial charge in [0.25, 0.3) is 0 Å². The van der Waals surface area contributed by atoms with Gasteiger partial charge in [0.1, 0.15) is 0 Å². The van der Waals surface area contributed by atoms with Crippen molar-refractivity contribution in [3.05, 3.63) is 29.3 Å². The molecule has 116 valence electrons. The Labute approximate surface area is 127 Å². The third kappa shape index (κ3) is 4.05. The van der Waals surface area contributed by atoms with Crippen LogP contribution in [-0.4, -0.2) is 36.5 Å². The van der Waals surface area contributed by atoms with E-state index in [0.29, 0.717) is 6.54 Å². The molecular weight excluding hydrogens is 262 g/mol. The van der Waals surface area contributed by atoms with Gasteiger partial charge >= 0.3 is 0 Å². The Hall–Kier alpha value is -1.39. The summed E-state index contributed by atoms with van der Waals surface area (Å²) in [7, 11) is 0. The molecule has 4 nitrogen and oxygen atoms in total. The van der Waals surface area contributed by atoms with Gasteiger partial charge in [-0.1, -0.05) is 31.5 Å². The predicted octanol–water partition coefficient (Wildman–Crippen LogP) is 2.30. The highest BCUT2D eigenvalue weighted by atomic mass is 16.2. The number of rotatable bonds is 3. The van der Waals surface area contributed by atoms with E-state index in [2.05, 4.69) is 37.1 Å². The van der Waals surface area contributed by atoms with Gasteiger partial charge in [0.2, 0.25) is 5.91 Å². The largest absolute Gasteiger partial charge is 0.327 e. The lowest BCUT2D eigenvalue weighted by molar-refractivity contribution is -0.118. The highest BCUT2D eigenvalue weighted by Crippen LogP contribution is 2.27. The molecule has 1 aromatic rings. The number of nitrogens with one attached hydrogen (secondary N) is 1. The molecule has 2 rings (SSSR count). The molecule has 1 amide bonds. The number of piperidine rings is 1. The van der Waals surface area contributed by atoms with Crippen LogP contribution < -0.4 is 11.1 Å². The van der Waals surface area contributed by atoms with Crippen molar-refractivity contribution in [3.63, 3.8) is 0 Å². The molecular formula is C17H27N3O. The van der Waals surface area contributed by atoms with E-state index in [-0.39, 0.29) is 17.4 Å². The molecule has 1 aliphatic rings. The Morgan fingerprint density at radius 2 is 2.14 bits per heavy atom. The minimum absolute atomic E-state index is 0.0493. The van der Waals surface area contributed by atoms with Crippen molar-refractivity contribution in [1.29, 1.82) is 0 Å². The quantitative estimate of drug-likeness (QED) is 0.897. The van der Waals surface area contributed by atoms with Crippen molar-refractivity contribution in [2.75, 3.05) is 25.0 Å². The van der Waals surface area contributed by atoms with E-state index in [1.807, 2.05) is 19.1 Å². The van der Waals surface area contributed by atoms with E-state index in [1.165, 1.54) is 5.56 Å². The molecule has 1 atom stereocenters. The number of aryl methyl sites for hydroxylation is 2. The van der Waals surface area contributed by atoms with Gasteiger partial charge in [-0.2, -0.15) is 0 Å². The van der Waals surface area contributed by atoms with E-state index >= 15 is 0 Å². The fourth-order valence-corrected chi connectivity index (χ4v) is 2.97. The van der Waals surface area contributed by atoms with E-state index in [0.717, 1.165) is 30.8 Å². The van der Waals surface area contributed by atoms with Gasteiger partial charge in [0.15, 0.2) is 0 Å². The molecule has 0 aromatic heterocycles. The number of likely N-dealkylation sites (tertiary alicyclic amines) is 1. The monoisotopic (exact) mass is 289 g/mol. The lowest BCUT2D eigenvalue weighted by atomic mass is 9.80. The standard InChI is InChI=1S/C17H27N3O/c1-12-5-6-14(13(2)9-12)19-16(21)10-20-8-7-15(18)17(3,4)11-20/h5-6,9,15H,7-8,10-11,18H2,1-4H3,(H,19,21). The van der Waals surface area contributed by atoms with E-state index in [4.69, 9.17) is 5.73 Å². The van der Waals surface area contributed by atoms with Gasteiger partial charge in [-0.05, 0) is 37.3 Å². The zero-order valence-corrected chi connectivity index (χ0v) is 13.6. The summed E-state index contributed by atoms with van der Waals surface area (Å²) in [5, 5.41) is 3.01. The van der Waals surface area contributed by atoms with Crippen LogP contribution in [0.4, 0.5) is 5.69 Å². The Morgan fingerprint density at radius 1 is 1.43 bits per heavy atom. The molecule has 1 aliphatic heterocycles. The number of nitrogens with zero attached hydrogens (tertiary/aromatic N) is 1. The molecule has 0 bridgehead atoms. The molecule has 0 saturated carbocycles. The zero-order valence-electron chi connectivity index (χ0n) is 13.6. The smallest absolute Gasteiger partial charge is 0.238 e. The van der Waals surface area contributed by atoms with Gasteiger partial charge in [-0.25, -0.2) is 0 Å². The molecule has 0 aliphatic carbocycles. The maximum absolute atomic E-state index is 12.2. The van der Waals surface area contributed by atoms with E-state index in [1.54, 1.807) is 0 Å². The number of benzene rings is 1. The van der Waals surface area contributed by atoms with Crippen molar-refractivity contribution in [1.82, 2.24) is 4.90 Å². The van der Waals surface area contributed by atoms with Crippen molar-refractivity contribution >= 4 is 11.6 Å². The van der Waals surface area contributed by atoms with Crippen molar-refractivity contribution in [2.24, 2.45) is 11.1 Å². The van der Waals surface area contributed by atoms with Gasteiger partial charge in [0.05, 0.1) is 6.54 Å². The molecule has 1 saturated heterocycles. The van der Waals surface area contributed by atoms with Crippen LogP contribution in [0.15, 0.2) is 18.2 Å². The molecule has 1 fully saturated rings. The minimum Gasteiger partial charge on any atom is -0.327 e. The van der Waals surface area contributed by atoms with Crippen LogP contribution in [0.3, 0.4) is 0 Å². The number of carbonyl (C=O) groups excluding carboxylic acids is 1. The van der Waals surface area contributed by atoms with E-state index in [9.17, 15) is 4.79 Å². The van der Waals surface area contributed by atoms with Crippen molar-refractivity contribution < 1.29 is 4.79 Å². The number of hydrogen-bond donors (Lipinski definition) is 2.